The van der Waals surface area contributed by atoms with Crippen LogP contribution < -0.4 is 15.5 Å². The van der Waals surface area contributed by atoms with Crippen LogP contribution in [0.2, 0.25) is 0 Å². The lowest BCUT2D eigenvalue weighted by atomic mass is 10.2. The lowest BCUT2D eigenvalue weighted by Gasteiger charge is -2.35. The fourth-order valence-corrected chi connectivity index (χ4v) is 3.11. The fraction of sp³-hybridized carbons (Fsp3) is 0.421. The summed E-state index contributed by atoms with van der Waals surface area (Å²) in [6, 6.07) is 8.19. The predicted octanol–water partition coefficient (Wildman–Crippen LogP) is 2.82. The summed E-state index contributed by atoms with van der Waals surface area (Å²) in [4.78, 5) is 23.7. The lowest BCUT2D eigenvalue weighted by Crippen LogP contribution is -2.48. The zero-order valence-corrected chi connectivity index (χ0v) is 15.7. The normalized spacial score (nSPS) is 16.6. The molecule has 1 aliphatic carbocycles. The van der Waals surface area contributed by atoms with Crippen molar-refractivity contribution in [1.82, 2.24) is 14.9 Å². The zero-order valence-electron chi connectivity index (χ0n) is 15.7. The van der Waals surface area contributed by atoms with Gasteiger partial charge in [-0.25, -0.2) is 14.2 Å². The molecule has 0 bridgehead atoms. The number of halogens is 1. The second-order valence-electron chi connectivity index (χ2n) is 6.92. The highest BCUT2D eigenvalue weighted by atomic mass is 19.1. The molecule has 1 aliphatic heterocycles. The molecule has 2 aliphatic rings. The van der Waals surface area contributed by atoms with Gasteiger partial charge in [0.05, 0.1) is 13.3 Å². The van der Waals surface area contributed by atoms with Gasteiger partial charge in [0.2, 0.25) is 5.95 Å². The van der Waals surface area contributed by atoms with Gasteiger partial charge in [-0.2, -0.15) is 4.98 Å². The van der Waals surface area contributed by atoms with Gasteiger partial charge in [0.15, 0.2) is 11.6 Å². The first-order valence-corrected chi connectivity index (χ1v) is 9.36. The first kappa shape index (κ1) is 18.3. The molecule has 0 radical (unpaired) electrons. The first-order chi connectivity index (χ1) is 13.6. The Balaban J connectivity index is 1.37. The number of piperazine rings is 1. The van der Waals surface area contributed by atoms with Crippen molar-refractivity contribution in [2.45, 2.75) is 18.9 Å². The standard InChI is InChI=1S/C19H23FN6O2/c1-28-19(27)26-10-8-25(9-11-26)15-6-4-14(5-7-15)23-18-21-12-16(20)17(24-18)22-13-2-3-13/h4-7,12-13H,2-3,8-11H2,1H3,(H2,21,22,23,24). The summed E-state index contributed by atoms with van der Waals surface area (Å²) in [5.74, 6) is 0.142. The minimum Gasteiger partial charge on any atom is -0.453 e. The number of amides is 1. The molecule has 0 spiro atoms. The molecule has 9 heteroatoms. The minimum atomic E-state index is -0.445. The summed E-state index contributed by atoms with van der Waals surface area (Å²) in [7, 11) is 1.40. The second kappa shape index (κ2) is 7.87. The molecule has 2 fully saturated rings. The molecule has 0 unspecified atom stereocenters. The summed E-state index contributed by atoms with van der Waals surface area (Å²) < 4.78 is 18.6. The Morgan fingerprint density at radius 3 is 2.54 bits per heavy atom. The number of aromatic nitrogens is 2. The molecular weight excluding hydrogens is 363 g/mol. The second-order valence-corrected chi connectivity index (χ2v) is 6.92. The van der Waals surface area contributed by atoms with Crippen LogP contribution in [0.4, 0.5) is 32.3 Å². The van der Waals surface area contributed by atoms with E-state index in [-0.39, 0.29) is 11.9 Å². The Bertz CT molecular complexity index is 835. The van der Waals surface area contributed by atoms with E-state index >= 15 is 0 Å². The number of rotatable bonds is 5. The summed E-state index contributed by atoms with van der Waals surface area (Å²) in [5.41, 5.74) is 1.90. The molecule has 8 nitrogen and oxygen atoms in total. The van der Waals surface area contributed by atoms with E-state index in [1.807, 2.05) is 24.3 Å². The van der Waals surface area contributed by atoms with Gasteiger partial charge >= 0.3 is 6.09 Å². The van der Waals surface area contributed by atoms with Crippen molar-refractivity contribution in [2.75, 3.05) is 48.8 Å². The molecular formula is C19H23FN6O2. The summed E-state index contributed by atoms with van der Waals surface area (Å²) in [6.45, 7) is 2.76. The van der Waals surface area contributed by atoms with Crippen molar-refractivity contribution in [3.05, 3.63) is 36.3 Å². The molecule has 28 heavy (non-hydrogen) atoms. The van der Waals surface area contributed by atoms with Crippen LogP contribution in [0.3, 0.4) is 0 Å². The third-order valence-corrected chi connectivity index (χ3v) is 4.86. The van der Waals surface area contributed by atoms with Crippen molar-refractivity contribution < 1.29 is 13.9 Å². The number of methoxy groups -OCH3 is 1. The molecule has 2 aromatic rings. The smallest absolute Gasteiger partial charge is 0.409 e. The molecule has 2 heterocycles. The average Bonchev–Trinajstić information content (AvgIpc) is 3.55. The monoisotopic (exact) mass is 386 g/mol. The Morgan fingerprint density at radius 1 is 1.18 bits per heavy atom. The topological polar surface area (TPSA) is 82.6 Å². The van der Waals surface area contributed by atoms with Crippen molar-refractivity contribution in [1.29, 1.82) is 0 Å². The SMILES string of the molecule is COC(=O)N1CCN(c2ccc(Nc3ncc(F)c(NC4CC4)n3)cc2)CC1. The zero-order chi connectivity index (χ0) is 19.5. The van der Waals surface area contributed by atoms with Gasteiger partial charge in [0.25, 0.3) is 0 Å². The molecule has 1 saturated heterocycles. The quantitative estimate of drug-likeness (QED) is 0.818. The van der Waals surface area contributed by atoms with Crippen molar-refractivity contribution in [3.8, 4) is 0 Å². The number of benzene rings is 1. The number of anilines is 4. The van der Waals surface area contributed by atoms with Crippen molar-refractivity contribution in [2.24, 2.45) is 0 Å². The van der Waals surface area contributed by atoms with Crippen LogP contribution >= 0.6 is 0 Å². The maximum absolute atomic E-state index is 13.8. The predicted molar refractivity (Wildman–Crippen MR) is 105 cm³/mol. The van der Waals surface area contributed by atoms with Crippen molar-refractivity contribution >= 4 is 29.2 Å². The summed E-state index contributed by atoms with van der Waals surface area (Å²) in [6.07, 6.45) is 2.98. The molecule has 1 amide bonds. The van der Waals surface area contributed by atoms with Gasteiger partial charge in [0.1, 0.15) is 0 Å². The number of hydrogen-bond acceptors (Lipinski definition) is 7. The highest BCUT2D eigenvalue weighted by molar-refractivity contribution is 5.68. The van der Waals surface area contributed by atoms with Gasteiger partial charge in [-0.15, -0.1) is 0 Å². The van der Waals surface area contributed by atoms with Crippen LogP contribution in [0.25, 0.3) is 0 Å². The van der Waals surface area contributed by atoms with E-state index in [2.05, 4.69) is 25.5 Å². The Kier molecular flexibility index (Phi) is 5.14. The van der Waals surface area contributed by atoms with Crippen LogP contribution in [0.1, 0.15) is 12.8 Å². The number of nitrogens with one attached hydrogen (secondary N) is 2. The average molecular weight is 386 g/mol. The molecule has 1 aromatic carbocycles. The highest BCUT2D eigenvalue weighted by Gasteiger charge is 2.23. The number of nitrogens with zero attached hydrogens (tertiary/aromatic N) is 4. The molecule has 0 atom stereocenters. The molecule has 4 rings (SSSR count). The third-order valence-electron chi connectivity index (χ3n) is 4.86. The molecule has 1 aromatic heterocycles. The number of carbonyl (C=O) groups is 1. The Hall–Kier alpha value is -3.10. The van der Waals surface area contributed by atoms with E-state index in [1.54, 1.807) is 4.90 Å². The van der Waals surface area contributed by atoms with E-state index < -0.39 is 5.82 Å². The van der Waals surface area contributed by atoms with Gasteiger partial charge < -0.3 is 25.2 Å². The van der Waals surface area contributed by atoms with Crippen LogP contribution in [0, 0.1) is 5.82 Å². The number of carbonyl (C=O) groups excluding carboxylic acids is 1. The van der Waals surface area contributed by atoms with E-state index in [1.165, 1.54) is 13.3 Å². The lowest BCUT2D eigenvalue weighted by molar-refractivity contribution is 0.121. The van der Waals surface area contributed by atoms with E-state index in [4.69, 9.17) is 4.74 Å². The largest absolute Gasteiger partial charge is 0.453 e. The number of ether oxygens (including phenoxy) is 1. The van der Waals surface area contributed by atoms with Crippen LogP contribution in [-0.2, 0) is 4.74 Å². The maximum Gasteiger partial charge on any atom is 0.409 e. The van der Waals surface area contributed by atoms with Gasteiger partial charge in [0, 0.05) is 43.6 Å². The van der Waals surface area contributed by atoms with Crippen LogP contribution in [0.5, 0.6) is 0 Å². The molecule has 148 valence electrons. The molecule has 2 N–H and O–H groups in total. The maximum atomic E-state index is 13.8. The fourth-order valence-electron chi connectivity index (χ4n) is 3.11. The van der Waals surface area contributed by atoms with E-state index in [0.717, 1.165) is 37.3 Å². The van der Waals surface area contributed by atoms with Crippen LogP contribution in [0.15, 0.2) is 30.5 Å². The summed E-state index contributed by atoms with van der Waals surface area (Å²) in [5, 5.41) is 6.18. The summed E-state index contributed by atoms with van der Waals surface area (Å²) >= 11 is 0. The van der Waals surface area contributed by atoms with E-state index in [9.17, 15) is 9.18 Å². The molecule has 1 saturated carbocycles. The van der Waals surface area contributed by atoms with Crippen molar-refractivity contribution in [3.63, 3.8) is 0 Å². The van der Waals surface area contributed by atoms with Gasteiger partial charge in [-0.3, -0.25) is 0 Å². The Labute approximate surface area is 162 Å². The number of hydrogen-bond donors (Lipinski definition) is 2. The van der Waals surface area contributed by atoms with Gasteiger partial charge in [-0.05, 0) is 37.1 Å². The van der Waals surface area contributed by atoms with Crippen LogP contribution in [-0.4, -0.2) is 60.3 Å². The first-order valence-electron chi connectivity index (χ1n) is 9.36. The van der Waals surface area contributed by atoms with E-state index in [0.29, 0.717) is 25.1 Å². The third kappa shape index (κ3) is 4.24. The highest BCUT2D eigenvalue weighted by Crippen LogP contribution is 2.26. The minimum absolute atomic E-state index is 0.236. The Morgan fingerprint density at radius 2 is 1.89 bits per heavy atom. The van der Waals surface area contributed by atoms with Gasteiger partial charge in [-0.1, -0.05) is 0 Å².